The van der Waals surface area contributed by atoms with Crippen LogP contribution in [0.4, 0.5) is 0 Å². The van der Waals surface area contributed by atoms with Crippen LogP contribution in [0.1, 0.15) is 31.2 Å². The average molecular weight is 275 g/mol. The lowest BCUT2D eigenvalue weighted by molar-refractivity contribution is -0.137. The molecule has 3 rings (SSSR count). The Labute approximate surface area is 119 Å². The molecule has 3 atom stereocenters. The molecule has 1 aromatic carbocycles. The summed E-state index contributed by atoms with van der Waals surface area (Å²) in [5, 5.41) is 0. The number of benzene rings is 1. The van der Waals surface area contributed by atoms with Crippen molar-refractivity contribution < 1.29 is 9.63 Å². The largest absolute Gasteiger partial charge is 0.271 e. The normalized spacial score (nSPS) is 28.9. The lowest BCUT2D eigenvalue weighted by Gasteiger charge is -2.26. The monoisotopic (exact) mass is 275 g/mol. The van der Waals surface area contributed by atoms with Gasteiger partial charge in [-0.05, 0) is 18.4 Å². The van der Waals surface area contributed by atoms with Crippen molar-refractivity contribution in [3.63, 3.8) is 0 Å². The molecular formula is C15H21N3O2. The maximum atomic E-state index is 12.2. The van der Waals surface area contributed by atoms with Crippen LogP contribution < -0.4 is 16.3 Å². The molecule has 1 aromatic rings. The maximum absolute atomic E-state index is 12.2. The van der Waals surface area contributed by atoms with E-state index in [1.807, 2.05) is 30.3 Å². The predicted molar refractivity (Wildman–Crippen MR) is 75.2 cm³/mol. The summed E-state index contributed by atoms with van der Waals surface area (Å²) >= 11 is 0. The van der Waals surface area contributed by atoms with Crippen LogP contribution in [0.15, 0.2) is 30.3 Å². The van der Waals surface area contributed by atoms with Crippen molar-refractivity contribution in [3.05, 3.63) is 35.9 Å². The van der Waals surface area contributed by atoms with Crippen LogP contribution in [0.3, 0.4) is 0 Å². The molecule has 2 aliphatic rings. The van der Waals surface area contributed by atoms with Crippen molar-refractivity contribution in [2.45, 2.75) is 44.4 Å². The van der Waals surface area contributed by atoms with Gasteiger partial charge in [-0.15, -0.1) is 0 Å². The first-order valence-corrected chi connectivity index (χ1v) is 7.31. The van der Waals surface area contributed by atoms with Crippen molar-refractivity contribution in [2.75, 3.05) is 0 Å². The van der Waals surface area contributed by atoms with E-state index >= 15 is 0 Å². The van der Waals surface area contributed by atoms with Gasteiger partial charge in [-0.25, -0.2) is 10.9 Å². The summed E-state index contributed by atoms with van der Waals surface area (Å²) in [6.45, 7) is 0.390. The van der Waals surface area contributed by atoms with E-state index in [4.69, 9.17) is 4.84 Å². The van der Waals surface area contributed by atoms with Crippen molar-refractivity contribution in [3.8, 4) is 0 Å². The zero-order valence-corrected chi connectivity index (χ0v) is 11.5. The number of hydrogen-bond acceptors (Lipinski definition) is 4. The summed E-state index contributed by atoms with van der Waals surface area (Å²) in [5.41, 5.74) is 9.94. The van der Waals surface area contributed by atoms with Gasteiger partial charge in [0.1, 0.15) is 6.04 Å². The van der Waals surface area contributed by atoms with Gasteiger partial charge in [-0.3, -0.25) is 15.1 Å². The van der Waals surface area contributed by atoms with Gasteiger partial charge in [0.05, 0.1) is 6.61 Å². The van der Waals surface area contributed by atoms with E-state index < -0.39 is 0 Å². The molecule has 1 amide bonds. The van der Waals surface area contributed by atoms with Crippen molar-refractivity contribution >= 4 is 5.91 Å². The molecule has 3 N–H and O–H groups in total. The molecule has 1 aliphatic carbocycles. The molecule has 5 nitrogen and oxygen atoms in total. The first kappa shape index (κ1) is 13.5. The highest BCUT2D eigenvalue weighted by atomic mass is 16.6. The van der Waals surface area contributed by atoms with E-state index in [1.54, 1.807) is 0 Å². The van der Waals surface area contributed by atoms with Crippen molar-refractivity contribution in [1.29, 1.82) is 0 Å². The Morgan fingerprint density at radius 1 is 1.20 bits per heavy atom. The fourth-order valence-electron chi connectivity index (χ4n) is 3.13. The molecule has 1 saturated heterocycles. The SMILES string of the molecule is O=C(NOCc1ccccc1)C1NNC2CCCCC21. The molecule has 3 unspecified atom stereocenters. The van der Waals surface area contributed by atoms with Gasteiger partial charge in [-0.2, -0.15) is 0 Å². The summed E-state index contributed by atoms with van der Waals surface area (Å²) in [6, 6.07) is 10.0. The van der Waals surface area contributed by atoms with Gasteiger partial charge in [0.25, 0.3) is 5.91 Å². The number of nitrogens with one attached hydrogen (secondary N) is 3. The summed E-state index contributed by atoms with van der Waals surface area (Å²) in [5.74, 6) is 0.298. The Morgan fingerprint density at radius 2 is 2.00 bits per heavy atom. The van der Waals surface area contributed by atoms with Gasteiger partial charge in [-0.1, -0.05) is 43.2 Å². The van der Waals surface area contributed by atoms with Crippen LogP contribution in [-0.4, -0.2) is 18.0 Å². The number of hydrogen-bond donors (Lipinski definition) is 3. The first-order valence-electron chi connectivity index (χ1n) is 7.31. The third-order valence-corrected chi connectivity index (χ3v) is 4.21. The second-order valence-corrected chi connectivity index (χ2v) is 5.56. The highest BCUT2D eigenvalue weighted by Crippen LogP contribution is 2.30. The Kier molecular flexibility index (Phi) is 4.30. The lowest BCUT2D eigenvalue weighted by atomic mass is 9.81. The smallest absolute Gasteiger partial charge is 0.262 e. The van der Waals surface area contributed by atoms with Crippen LogP contribution in [0.5, 0.6) is 0 Å². The molecule has 1 aliphatic heterocycles. The summed E-state index contributed by atoms with van der Waals surface area (Å²) in [6.07, 6.45) is 4.70. The van der Waals surface area contributed by atoms with E-state index in [-0.39, 0.29) is 11.9 Å². The highest BCUT2D eigenvalue weighted by Gasteiger charge is 2.41. The first-order chi connectivity index (χ1) is 9.84. The predicted octanol–water partition coefficient (Wildman–Crippen LogP) is 1.27. The molecule has 2 fully saturated rings. The minimum Gasteiger partial charge on any atom is -0.271 e. The lowest BCUT2D eigenvalue weighted by Crippen LogP contribution is -2.45. The number of fused-ring (bicyclic) bond motifs is 1. The van der Waals surface area contributed by atoms with Gasteiger partial charge in [0.15, 0.2) is 0 Å². The van der Waals surface area contributed by atoms with Gasteiger partial charge < -0.3 is 0 Å². The topological polar surface area (TPSA) is 62.4 Å². The average Bonchev–Trinajstić information content (AvgIpc) is 2.92. The maximum Gasteiger partial charge on any atom is 0.262 e. The molecule has 0 aromatic heterocycles. The third kappa shape index (κ3) is 3.00. The Hall–Kier alpha value is -1.43. The van der Waals surface area contributed by atoms with Crippen molar-refractivity contribution in [1.82, 2.24) is 16.3 Å². The molecule has 20 heavy (non-hydrogen) atoms. The number of hydrazine groups is 1. The van der Waals surface area contributed by atoms with E-state index in [0.717, 1.165) is 18.4 Å². The van der Waals surface area contributed by atoms with E-state index in [0.29, 0.717) is 18.6 Å². The number of rotatable bonds is 4. The zero-order valence-electron chi connectivity index (χ0n) is 11.5. The highest BCUT2D eigenvalue weighted by molar-refractivity contribution is 5.81. The fraction of sp³-hybridized carbons (Fsp3) is 0.533. The summed E-state index contributed by atoms with van der Waals surface area (Å²) in [7, 11) is 0. The standard InChI is InChI=1S/C15H21N3O2/c19-15(18-20-10-11-6-2-1-3-7-11)14-12-8-4-5-9-13(12)16-17-14/h1-3,6-7,12-14,16-17H,4-5,8-10H2,(H,18,19). The Balaban J connectivity index is 1.47. The van der Waals surface area contributed by atoms with Crippen LogP contribution in [0, 0.1) is 5.92 Å². The minimum atomic E-state index is -0.184. The number of carbonyl (C=O) groups is 1. The Bertz CT molecular complexity index is 452. The second-order valence-electron chi connectivity index (χ2n) is 5.56. The molecular weight excluding hydrogens is 254 g/mol. The van der Waals surface area contributed by atoms with Gasteiger partial charge in [0.2, 0.25) is 0 Å². The molecule has 0 bridgehead atoms. The Morgan fingerprint density at radius 3 is 2.85 bits per heavy atom. The molecule has 5 heteroatoms. The van der Waals surface area contributed by atoms with Gasteiger partial charge >= 0.3 is 0 Å². The van der Waals surface area contributed by atoms with Crippen LogP contribution in [0.2, 0.25) is 0 Å². The molecule has 0 radical (unpaired) electrons. The third-order valence-electron chi connectivity index (χ3n) is 4.21. The number of carbonyl (C=O) groups excluding carboxylic acids is 1. The number of amides is 1. The van der Waals surface area contributed by atoms with E-state index in [9.17, 15) is 4.79 Å². The molecule has 1 heterocycles. The van der Waals surface area contributed by atoms with Crippen LogP contribution >= 0.6 is 0 Å². The van der Waals surface area contributed by atoms with Gasteiger partial charge in [0, 0.05) is 12.0 Å². The molecule has 108 valence electrons. The van der Waals surface area contributed by atoms with Crippen LogP contribution in [-0.2, 0) is 16.2 Å². The molecule has 0 spiro atoms. The van der Waals surface area contributed by atoms with E-state index in [1.165, 1.54) is 12.8 Å². The second kappa shape index (κ2) is 6.35. The summed E-state index contributed by atoms with van der Waals surface area (Å²) in [4.78, 5) is 17.5. The van der Waals surface area contributed by atoms with Crippen molar-refractivity contribution in [2.24, 2.45) is 5.92 Å². The molecule has 1 saturated carbocycles. The quantitative estimate of drug-likeness (QED) is 0.724. The fourth-order valence-corrected chi connectivity index (χ4v) is 3.13. The van der Waals surface area contributed by atoms with Crippen LogP contribution in [0.25, 0.3) is 0 Å². The summed E-state index contributed by atoms with van der Waals surface area (Å²) < 4.78 is 0. The van der Waals surface area contributed by atoms with E-state index in [2.05, 4.69) is 16.3 Å². The number of hydroxylamine groups is 1. The zero-order chi connectivity index (χ0) is 13.8. The minimum absolute atomic E-state index is 0.0807.